The minimum atomic E-state index is -0.515. The van der Waals surface area contributed by atoms with Crippen LogP contribution in [0.25, 0.3) is 6.08 Å². The number of hydrogen-bond acceptors (Lipinski definition) is 4. The molecule has 0 atom stereocenters. The van der Waals surface area contributed by atoms with Crippen LogP contribution in [0.3, 0.4) is 0 Å². The van der Waals surface area contributed by atoms with Crippen LogP contribution in [-0.4, -0.2) is 15.9 Å². The molecule has 6 nitrogen and oxygen atoms in total. The molecule has 1 amide bonds. The summed E-state index contributed by atoms with van der Waals surface area (Å²) >= 11 is 11.0. The topological polar surface area (TPSA) is 84.3 Å². The highest BCUT2D eigenvalue weighted by Gasteiger charge is 2.07. The smallest absolute Gasteiger partial charge is 0.271 e. The fourth-order valence-corrected chi connectivity index (χ4v) is 2.21. The molecule has 0 unspecified atom stereocenters. The number of amides is 1. The van der Waals surface area contributed by atoms with Crippen LogP contribution in [0.5, 0.6) is 0 Å². The van der Waals surface area contributed by atoms with E-state index in [1.54, 1.807) is 36.4 Å². The Labute approximate surface area is 148 Å². The number of hydrogen-bond donors (Lipinski definition) is 2. The average molecular weight is 362 g/mol. The lowest BCUT2D eigenvalue weighted by Gasteiger charge is -2.07. The molecule has 0 radical (unpaired) electrons. The van der Waals surface area contributed by atoms with Gasteiger partial charge < -0.3 is 5.32 Å². The van der Waals surface area contributed by atoms with Crippen molar-refractivity contribution in [2.45, 2.75) is 0 Å². The molecular weight excluding hydrogens is 350 g/mol. The van der Waals surface area contributed by atoms with E-state index < -0.39 is 10.8 Å². The van der Waals surface area contributed by atoms with Crippen molar-refractivity contribution in [2.24, 2.45) is 0 Å². The van der Waals surface area contributed by atoms with Gasteiger partial charge in [0.05, 0.1) is 4.92 Å². The monoisotopic (exact) mass is 361 g/mol. The Balaban J connectivity index is 1.95. The number of nitrogens with zero attached hydrogens (tertiary/aromatic N) is 1. The molecule has 0 bridgehead atoms. The third-order valence-electron chi connectivity index (χ3n) is 2.87. The summed E-state index contributed by atoms with van der Waals surface area (Å²) in [6, 6.07) is 12.9. The Morgan fingerprint density at radius 1 is 1.21 bits per heavy atom. The van der Waals surface area contributed by atoms with Crippen molar-refractivity contribution >= 4 is 52.3 Å². The fourth-order valence-electron chi connectivity index (χ4n) is 1.79. The van der Waals surface area contributed by atoms with Gasteiger partial charge in [-0.1, -0.05) is 35.9 Å². The quantitative estimate of drug-likeness (QED) is 0.375. The SMILES string of the molecule is O=C(C=Cc1ccccc1Cl)NC(=S)Nc1cccc([N+](=O)[O-])c1. The molecule has 2 aromatic rings. The average Bonchev–Trinajstić information content (AvgIpc) is 2.54. The van der Waals surface area contributed by atoms with Gasteiger partial charge in [0.2, 0.25) is 5.91 Å². The maximum Gasteiger partial charge on any atom is 0.271 e. The van der Waals surface area contributed by atoms with E-state index in [0.29, 0.717) is 16.3 Å². The number of nitro benzene ring substituents is 1. The van der Waals surface area contributed by atoms with Gasteiger partial charge in [0.1, 0.15) is 0 Å². The van der Waals surface area contributed by atoms with E-state index in [4.69, 9.17) is 23.8 Å². The Bertz CT molecular complexity index is 824. The van der Waals surface area contributed by atoms with Gasteiger partial charge in [-0.3, -0.25) is 20.2 Å². The molecule has 0 heterocycles. The van der Waals surface area contributed by atoms with Crippen molar-refractivity contribution < 1.29 is 9.72 Å². The second kappa shape index (κ2) is 8.19. The molecule has 2 N–H and O–H groups in total. The van der Waals surface area contributed by atoms with E-state index in [9.17, 15) is 14.9 Å². The summed E-state index contributed by atoms with van der Waals surface area (Å²) in [6.07, 6.45) is 2.86. The molecule has 0 aliphatic heterocycles. The zero-order chi connectivity index (χ0) is 17.5. The van der Waals surface area contributed by atoms with E-state index in [1.807, 2.05) is 0 Å². The molecule has 2 rings (SSSR count). The van der Waals surface area contributed by atoms with Gasteiger partial charge in [0, 0.05) is 28.9 Å². The maximum absolute atomic E-state index is 11.8. The lowest BCUT2D eigenvalue weighted by Crippen LogP contribution is -2.32. The number of rotatable bonds is 4. The summed E-state index contributed by atoms with van der Waals surface area (Å²) in [5.41, 5.74) is 1.03. The van der Waals surface area contributed by atoms with Crippen LogP contribution in [0, 0.1) is 10.1 Å². The second-order valence-corrected chi connectivity index (χ2v) is 5.42. The molecule has 0 aromatic heterocycles. The van der Waals surface area contributed by atoms with Crippen LogP contribution in [0.2, 0.25) is 5.02 Å². The van der Waals surface area contributed by atoms with Crippen molar-refractivity contribution in [2.75, 3.05) is 5.32 Å². The summed E-state index contributed by atoms with van der Waals surface area (Å²) in [6.45, 7) is 0. The maximum atomic E-state index is 11.8. The van der Waals surface area contributed by atoms with Crippen LogP contribution >= 0.6 is 23.8 Å². The molecule has 0 saturated carbocycles. The molecule has 0 aliphatic rings. The van der Waals surface area contributed by atoms with E-state index in [1.165, 1.54) is 24.3 Å². The van der Waals surface area contributed by atoms with Crippen LogP contribution in [0.1, 0.15) is 5.56 Å². The normalized spacial score (nSPS) is 10.4. The number of nitro groups is 1. The number of carbonyl (C=O) groups is 1. The third-order valence-corrected chi connectivity index (χ3v) is 3.42. The van der Waals surface area contributed by atoms with E-state index in [2.05, 4.69) is 10.6 Å². The standard InChI is InChI=1S/C16H12ClN3O3S/c17-14-7-2-1-4-11(14)8-9-15(21)19-16(24)18-12-5-3-6-13(10-12)20(22)23/h1-10H,(H2,18,19,21,24). The van der Waals surface area contributed by atoms with Gasteiger partial charge in [0.25, 0.3) is 5.69 Å². The Hall–Kier alpha value is -2.77. The molecule has 0 aliphatic carbocycles. The van der Waals surface area contributed by atoms with Gasteiger partial charge in [-0.05, 0) is 36.0 Å². The minimum absolute atomic E-state index is 0.0318. The Morgan fingerprint density at radius 3 is 2.67 bits per heavy atom. The fraction of sp³-hybridized carbons (Fsp3) is 0. The highest BCUT2D eigenvalue weighted by atomic mass is 35.5. The zero-order valence-electron chi connectivity index (χ0n) is 12.2. The van der Waals surface area contributed by atoms with E-state index in [-0.39, 0.29) is 10.8 Å². The van der Waals surface area contributed by atoms with Crippen molar-refractivity contribution in [3.05, 3.63) is 75.3 Å². The molecule has 0 fully saturated rings. The Morgan fingerprint density at radius 2 is 1.96 bits per heavy atom. The number of carbonyl (C=O) groups excluding carboxylic acids is 1. The van der Waals surface area contributed by atoms with Gasteiger partial charge in [0.15, 0.2) is 5.11 Å². The van der Waals surface area contributed by atoms with Gasteiger partial charge in [-0.2, -0.15) is 0 Å². The van der Waals surface area contributed by atoms with Crippen molar-refractivity contribution in [1.29, 1.82) is 0 Å². The molecule has 0 spiro atoms. The first kappa shape index (κ1) is 17.6. The number of thiocarbonyl (C=S) groups is 1. The molecule has 122 valence electrons. The Kier molecular flexibility index (Phi) is 6.00. The predicted octanol–water partition coefficient (Wildman–Crippen LogP) is 3.77. The molecular formula is C16H12ClN3O3S. The number of nitrogens with one attached hydrogen (secondary N) is 2. The highest BCUT2D eigenvalue weighted by molar-refractivity contribution is 7.80. The van der Waals surface area contributed by atoms with Crippen LogP contribution < -0.4 is 10.6 Å². The summed E-state index contributed by atoms with van der Waals surface area (Å²) in [5.74, 6) is -0.446. The lowest BCUT2D eigenvalue weighted by atomic mass is 10.2. The number of anilines is 1. The minimum Gasteiger partial charge on any atom is -0.332 e. The summed E-state index contributed by atoms with van der Waals surface area (Å²) in [5, 5.41) is 16.4. The summed E-state index contributed by atoms with van der Waals surface area (Å²) in [7, 11) is 0. The van der Waals surface area contributed by atoms with E-state index in [0.717, 1.165) is 0 Å². The number of non-ortho nitro benzene ring substituents is 1. The van der Waals surface area contributed by atoms with Crippen molar-refractivity contribution in [3.8, 4) is 0 Å². The summed E-state index contributed by atoms with van der Waals surface area (Å²) < 4.78 is 0. The largest absolute Gasteiger partial charge is 0.332 e. The zero-order valence-corrected chi connectivity index (χ0v) is 13.8. The van der Waals surface area contributed by atoms with Crippen molar-refractivity contribution in [3.63, 3.8) is 0 Å². The van der Waals surface area contributed by atoms with Gasteiger partial charge in [-0.25, -0.2) is 0 Å². The molecule has 2 aromatic carbocycles. The predicted molar refractivity (Wildman–Crippen MR) is 97.9 cm³/mol. The van der Waals surface area contributed by atoms with Gasteiger partial charge in [-0.15, -0.1) is 0 Å². The highest BCUT2D eigenvalue weighted by Crippen LogP contribution is 2.17. The number of halogens is 1. The molecule has 0 saturated heterocycles. The first-order valence-electron chi connectivity index (χ1n) is 6.75. The third kappa shape index (κ3) is 5.15. The van der Waals surface area contributed by atoms with Crippen LogP contribution in [0.15, 0.2) is 54.6 Å². The lowest BCUT2D eigenvalue weighted by molar-refractivity contribution is -0.384. The summed E-state index contributed by atoms with van der Waals surface area (Å²) in [4.78, 5) is 22.0. The number of benzene rings is 2. The molecule has 8 heteroatoms. The van der Waals surface area contributed by atoms with E-state index >= 15 is 0 Å². The van der Waals surface area contributed by atoms with Crippen LogP contribution in [0.4, 0.5) is 11.4 Å². The van der Waals surface area contributed by atoms with Crippen molar-refractivity contribution in [1.82, 2.24) is 5.32 Å². The molecule has 24 heavy (non-hydrogen) atoms. The van der Waals surface area contributed by atoms with Gasteiger partial charge >= 0.3 is 0 Å². The first-order chi connectivity index (χ1) is 11.5. The first-order valence-corrected chi connectivity index (χ1v) is 7.53. The van der Waals surface area contributed by atoms with Crippen LogP contribution in [-0.2, 0) is 4.79 Å². The second-order valence-electron chi connectivity index (χ2n) is 4.61.